The van der Waals surface area contributed by atoms with Crippen molar-refractivity contribution in [1.82, 2.24) is 25.1 Å². The van der Waals surface area contributed by atoms with Gasteiger partial charge in [0.2, 0.25) is 5.95 Å². The summed E-state index contributed by atoms with van der Waals surface area (Å²) < 4.78 is 0. The van der Waals surface area contributed by atoms with Crippen LogP contribution in [0.15, 0.2) is 47.3 Å². The number of nitrogens with one attached hydrogen (secondary N) is 2. The minimum Gasteiger partial charge on any atom is -0.361 e. The number of benzene rings is 1. The van der Waals surface area contributed by atoms with E-state index in [4.69, 9.17) is 17.3 Å². The van der Waals surface area contributed by atoms with Gasteiger partial charge in [-0.2, -0.15) is 10.1 Å². The van der Waals surface area contributed by atoms with Crippen LogP contribution in [0.5, 0.6) is 0 Å². The summed E-state index contributed by atoms with van der Waals surface area (Å²) in [5, 5.41) is 7.99. The molecular formula is C30H30N8O. The van der Waals surface area contributed by atoms with E-state index in [0.29, 0.717) is 34.9 Å². The van der Waals surface area contributed by atoms with Crippen molar-refractivity contribution in [2.75, 3.05) is 18.0 Å². The van der Waals surface area contributed by atoms with E-state index < -0.39 is 0 Å². The molecule has 4 aromatic rings. The van der Waals surface area contributed by atoms with Crippen LogP contribution in [-0.4, -0.2) is 38.2 Å². The van der Waals surface area contributed by atoms with Gasteiger partial charge in [0.05, 0.1) is 5.69 Å². The van der Waals surface area contributed by atoms with Gasteiger partial charge in [-0.3, -0.25) is 14.9 Å². The van der Waals surface area contributed by atoms with Gasteiger partial charge in [0.1, 0.15) is 11.1 Å². The van der Waals surface area contributed by atoms with Crippen LogP contribution < -0.4 is 16.2 Å². The molecular weight excluding hydrogens is 488 g/mol. The lowest BCUT2D eigenvalue weighted by atomic mass is 9.73. The summed E-state index contributed by atoms with van der Waals surface area (Å²) in [7, 11) is 0. The summed E-state index contributed by atoms with van der Waals surface area (Å²) in [5.41, 5.74) is 12.7. The largest absolute Gasteiger partial charge is 0.361 e. The average Bonchev–Trinajstić information content (AvgIpc) is 3.47. The van der Waals surface area contributed by atoms with Crippen molar-refractivity contribution in [3.63, 3.8) is 0 Å². The monoisotopic (exact) mass is 518 g/mol. The van der Waals surface area contributed by atoms with Gasteiger partial charge in [0, 0.05) is 36.7 Å². The summed E-state index contributed by atoms with van der Waals surface area (Å²) in [4.78, 5) is 31.5. The van der Waals surface area contributed by atoms with E-state index in [1.165, 1.54) is 11.1 Å². The molecule has 0 bridgehead atoms. The van der Waals surface area contributed by atoms with Gasteiger partial charge in [0.15, 0.2) is 5.65 Å². The van der Waals surface area contributed by atoms with Gasteiger partial charge >= 0.3 is 0 Å². The maximum atomic E-state index is 13.5. The Morgan fingerprint density at radius 3 is 2.67 bits per heavy atom. The zero-order valence-corrected chi connectivity index (χ0v) is 22.1. The van der Waals surface area contributed by atoms with Crippen LogP contribution in [0, 0.1) is 17.4 Å². The van der Waals surface area contributed by atoms with Gasteiger partial charge in [-0.15, -0.1) is 4.98 Å². The molecule has 9 heteroatoms. The number of anilines is 1. The highest BCUT2D eigenvalue weighted by Crippen LogP contribution is 2.51. The first-order chi connectivity index (χ1) is 18.8. The number of aromatic amines is 2. The molecule has 4 N–H and O–H groups in total. The van der Waals surface area contributed by atoms with E-state index >= 15 is 0 Å². The first kappa shape index (κ1) is 23.8. The molecule has 39 heavy (non-hydrogen) atoms. The fourth-order valence-electron chi connectivity index (χ4n) is 6.82. The molecule has 7 rings (SSSR count). The first-order valence-corrected chi connectivity index (χ1v) is 13.4. The minimum atomic E-state index is -0.222. The number of nitrogens with two attached hydrogens (primary N) is 1. The smallest absolute Gasteiger partial charge is 0.269 e. The van der Waals surface area contributed by atoms with Gasteiger partial charge in [0.25, 0.3) is 11.4 Å². The molecule has 1 saturated heterocycles. The Morgan fingerprint density at radius 1 is 1.10 bits per heavy atom. The number of aromatic nitrogens is 5. The highest BCUT2D eigenvalue weighted by Gasteiger charge is 2.46. The van der Waals surface area contributed by atoms with Crippen LogP contribution in [0.3, 0.4) is 0 Å². The van der Waals surface area contributed by atoms with E-state index in [2.05, 4.69) is 74.1 Å². The first-order valence-electron chi connectivity index (χ1n) is 13.4. The Kier molecular flexibility index (Phi) is 5.10. The third-order valence-electron chi connectivity index (χ3n) is 8.85. The van der Waals surface area contributed by atoms with E-state index in [9.17, 15) is 4.79 Å². The number of rotatable bonds is 2. The van der Waals surface area contributed by atoms with Crippen LogP contribution in [0.2, 0.25) is 0 Å². The molecule has 1 aromatic carbocycles. The van der Waals surface area contributed by atoms with Gasteiger partial charge in [-0.25, -0.2) is 0 Å². The third-order valence-corrected chi connectivity index (χ3v) is 8.85. The second-order valence-corrected chi connectivity index (χ2v) is 11.9. The quantitative estimate of drug-likeness (QED) is 0.337. The molecule has 1 atom stereocenters. The highest BCUT2D eigenvalue weighted by molar-refractivity contribution is 5.94. The van der Waals surface area contributed by atoms with Crippen molar-refractivity contribution in [2.45, 2.75) is 45.6 Å². The van der Waals surface area contributed by atoms with Crippen LogP contribution in [-0.2, 0) is 12.8 Å². The SMILES string of the molecule is [C-]#[N+]c1ccc2c(n1)CC(C)(C)C=C2c1[nH]nc2nc(N3CCC4(CC3)Cc3ccccc3[C@H]4N)[nH]c(=O)c12. The van der Waals surface area contributed by atoms with Crippen molar-refractivity contribution in [2.24, 2.45) is 16.6 Å². The Hall–Kier alpha value is -4.29. The molecule has 3 aliphatic rings. The molecule has 1 spiro atoms. The molecule has 0 unspecified atom stereocenters. The number of hydrogen-bond donors (Lipinski definition) is 3. The highest BCUT2D eigenvalue weighted by atomic mass is 16.1. The lowest BCUT2D eigenvalue weighted by Crippen LogP contribution is -2.45. The average molecular weight is 519 g/mol. The number of H-pyrrole nitrogens is 2. The zero-order valence-electron chi connectivity index (χ0n) is 22.1. The number of nitrogens with zero attached hydrogens (tertiary/aromatic N) is 5. The maximum absolute atomic E-state index is 13.5. The molecule has 4 heterocycles. The van der Waals surface area contributed by atoms with Crippen molar-refractivity contribution in [1.29, 1.82) is 0 Å². The summed E-state index contributed by atoms with van der Waals surface area (Å²) >= 11 is 0. The van der Waals surface area contributed by atoms with E-state index in [1.807, 2.05) is 6.07 Å². The standard InChI is InChI=1S/C30H30N8O/c1-29(2)15-20(19-8-9-22(32-3)33-21(19)16-29)24-23-26(37-36-24)34-28(35-27(23)39)38-12-10-30(11-13-38)14-17-6-4-5-7-18(17)25(30)31/h4-9,15,25H,10-14,16,31H2,1-2H3,(H2,34,35,36,37,39)/t25-/m1/s1. The Balaban J connectivity index is 1.20. The molecule has 2 aliphatic carbocycles. The van der Waals surface area contributed by atoms with Crippen molar-refractivity contribution in [3.8, 4) is 0 Å². The zero-order chi connectivity index (χ0) is 26.9. The fraction of sp³-hybridized carbons (Fsp3) is 0.367. The van der Waals surface area contributed by atoms with Crippen LogP contribution in [0.4, 0.5) is 11.8 Å². The lowest BCUT2D eigenvalue weighted by Gasteiger charge is -2.42. The van der Waals surface area contributed by atoms with Gasteiger partial charge < -0.3 is 15.5 Å². The topological polar surface area (TPSA) is 121 Å². The number of piperidine rings is 1. The molecule has 1 fully saturated rings. The number of pyridine rings is 1. The molecule has 0 radical (unpaired) electrons. The van der Waals surface area contributed by atoms with E-state index in [1.54, 1.807) is 6.07 Å². The van der Waals surface area contributed by atoms with Crippen molar-refractivity contribution in [3.05, 3.63) is 92.3 Å². The van der Waals surface area contributed by atoms with E-state index in [0.717, 1.165) is 49.2 Å². The normalized spacial score (nSPS) is 20.9. The van der Waals surface area contributed by atoms with Crippen LogP contribution >= 0.6 is 0 Å². The summed E-state index contributed by atoms with van der Waals surface area (Å²) in [6, 6.07) is 12.2. The molecule has 0 saturated carbocycles. The van der Waals surface area contributed by atoms with Crippen LogP contribution in [0.1, 0.15) is 60.8 Å². The Bertz CT molecular complexity index is 1760. The van der Waals surface area contributed by atoms with Crippen molar-refractivity contribution < 1.29 is 0 Å². The minimum absolute atomic E-state index is 0.0375. The number of allylic oxidation sites excluding steroid dienone is 1. The fourth-order valence-corrected chi connectivity index (χ4v) is 6.82. The van der Waals surface area contributed by atoms with E-state index in [-0.39, 0.29) is 22.4 Å². The molecule has 0 amide bonds. The predicted molar refractivity (Wildman–Crippen MR) is 151 cm³/mol. The van der Waals surface area contributed by atoms with Crippen molar-refractivity contribution >= 4 is 28.4 Å². The third kappa shape index (κ3) is 3.70. The molecule has 9 nitrogen and oxygen atoms in total. The predicted octanol–water partition coefficient (Wildman–Crippen LogP) is 4.45. The summed E-state index contributed by atoms with van der Waals surface area (Å²) in [6.07, 6.45) is 5.75. The molecule has 1 aliphatic heterocycles. The second kappa shape index (κ2) is 8.35. The lowest BCUT2D eigenvalue weighted by molar-refractivity contribution is 0.187. The Morgan fingerprint density at radius 2 is 1.90 bits per heavy atom. The summed E-state index contributed by atoms with van der Waals surface area (Å²) in [6.45, 7) is 13.1. The number of fused-ring (bicyclic) bond motifs is 3. The second-order valence-electron chi connectivity index (χ2n) is 11.9. The maximum Gasteiger partial charge on any atom is 0.269 e. The van der Waals surface area contributed by atoms with Gasteiger partial charge in [-0.1, -0.05) is 56.8 Å². The molecule has 3 aromatic heterocycles. The number of hydrogen-bond acceptors (Lipinski definition) is 6. The van der Waals surface area contributed by atoms with Crippen LogP contribution in [0.25, 0.3) is 21.5 Å². The van der Waals surface area contributed by atoms with Gasteiger partial charge in [-0.05, 0) is 47.3 Å². The molecule has 196 valence electrons. The summed E-state index contributed by atoms with van der Waals surface area (Å²) in [5.74, 6) is 0.918. The Labute approximate surface area is 226 Å².